The van der Waals surface area contributed by atoms with Crippen molar-refractivity contribution in [3.05, 3.63) is 41.4 Å². The number of hydrogen-bond acceptors (Lipinski definition) is 5. The van der Waals surface area contributed by atoms with Gasteiger partial charge in [0.15, 0.2) is 0 Å². The van der Waals surface area contributed by atoms with Gasteiger partial charge in [-0.3, -0.25) is 4.79 Å². The Morgan fingerprint density at radius 2 is 1.94 bits per heavy atom. The molecular formula is C26H28N6O. The zero-order valence-corrected chi connectivity index (χ0v) is 19.4. The second-order valence-corrected chi connectivity index (χ2v) is 9.01. The molecule has 0 unspecified atom stereocenters. The summed E-state index contributed by atoms with van der Waals surface area (Å²) in [5, 5.41) is 1.05. The second kappa shape index (κ2) is 8.43. The first kappa shape index (κ1) is 21.3. The Balaban J connectivity index is 1.62. The summed E-state index contributed by atoms with van der Waals surface area (Å²) in [6.45, 7) is 5.79. The lowest BCUT2D eigenvalue weighted by Crippen LogP contribution is -2.34. The SMILES string of the molecule is C#Cc1ncc(-c2c(C3=CC[C@@H](C(=O)N4CCCC4)CC3)c3c(C)ncnc3n2C)c(C)n1. The molecule has 0 radical (unpaired) electrons. The molecule has 0 spiro atoms. The molecule has 5 rings (SSSR count). The van der Waals surface area contributed by atoms with Crippen LogP contribution in [0.5, 0.6) is 0 Å². The molecule has 7 nitrogen and oxygen atoms in total. The standard InChI is InChI=1S/C26H28N6O/c1-5-21-27-14-20(16(2)30-21)24-23(22-17(3)28-15-29-25(22)31(24)4)18-8-10-19(11-9-18)26(33)32-12-6-7-13-32/h1,8,14-15,19H,6-7,9-13H2,2-4H3/t19-/m1/s1. The van der Waals surface area contributed by atoms with Crippen LogP contribution in [0, 0.1) is 32.1 Å². The maximum atomic E-state index is 12.9. The van der Waals surface area contributed by atoms with Crippen LogP contribution in [0.3, 0.4) is 0 Å². The fourth-order valence-electron chi connectivity index (χ4n) is 5.28. The number of carbonyl (C=O) groups is 1. The topological polar surface area (TPSA) is 76.8 Å². The molecule has 168 valence electrons. The van der Waals surface area contributed by atoms with E-state index >= 15 is 0 Å². The van der Waals surface area contributed by atoms with Gasteiger partial charge in [-0.05, 0) is 57.4 Å². The van der Waals surface area contributed by atoms with E-state index < -0.39 is 0 Å². The number of terminal acetylenes is 1. The van der Waals surface area contributed by atoms with Gasteiger partial charge < -0.3 is 9.47 Å². The van der Waals surface area contributed by atoms with Gasteiger partial charge in [-0.15, -0.1) is 6.42 Å². The molecule has 1 atom stereocenters. The minimum atomic E-state index is 0.0719. The van der Waals surface area contributed by atoms with Gasteiger partial charge >= 0.3 is 0 Å². The van der Waals surface area contributed by atoms with E-state index in [0.717, 1.165) is 84.4 Å². The minimum absolute atomic E-state index is 0.0719. The van der Waals surface area contributed by atoms with E-state index in [-0.39, 0.29) is 5.92 Å². The summed E-state index contributed by atoms with van der Waals surface area (Å²) in [5.41, 5.74) is 6.95. The van der Waals surface area contributed by atoms with Crippen LogP contribution in [-0.4, -0.2) is 48.4 Å². The van der Waals surface area contributed by atoms with Crippen molar-refractivity contribution in [1.82, 2.24) is 29.4 Å². The van der Waals surface area contributed by atoms with E-state index in [1.165, 1.54) is 5.57 Å². The third-order valence-corrected chi connectivity index (χ3v) is 7.02. The summed E-state index contributed by atoms with van der Waals surface area (Å²) >= 11 is 0. The van der Waals surface area contributed by atoms with Crippen molar-refractivity contribution in [2.45, 2.75) is 46.0 Å². The lowest BCUT2D eigenvalue weighted by molar-refractivity contribution is -0.134. The zero-order valence-electron chi connectivity index (χ0n) is 19.4. The predicted octanol–water partition coefficient (Wildman–Crippen LogP) is 3.83. The molecule has 0 aromatic carbocycles. The highest BCUT2D eigenvalue weighted by Gasteiger charge is 2.30. The third kappa shape index (κ3) is 3.60. The Hall–Kier alpha value is -3.53. The van der Waals surface area contributed by atoms with E-state index in [2.05, 4.69) is 36.5 Å². The summed E-state index contributed by atoms with van der Waals surface area (Å²) in [6, 6.07) is 0. The molecule has 33 heavy (non-hydrogen) atoms. The molecule has 2 aliphatic rings. The van der Waals surface area contributed by atoms with Crippen LogP contribution in [0.15, 0.2) is 18.6 Å². The van der Waals surface area contributed by atoms with Gasteiger partial charge in [-0.25, -0.2) is 19.9 Å². The fraction of sp³-hybridized carbons (Fsp3) is 0.423. The molecule has 0 N–H and O–H groups in total. The lowest BCUT2D eigenvalue weighted by atomic mass is 9.84. The van der Waals surface area contributed by atoms with Crippen LogP contribution in [0.25, 0.3) is 27.9 Å². The average molecular weight is 441 g/mol. The van der Waals surface area contributed by atoms with Crippen molar-refractivity contribution < 1.29 is 4.79 Å². The molecule has 0 bridgehead atoms. The number of amides is 1. The van der Waals surface area contributed by atoms with Gasteiger partial charge in [0.2, 0.25) is 11.7 Å². The summed E-state index contributed by atoms with van der Waals surface area (Å²) in [7, 11) is 2.02. The van der Waals surface area contributed by atoms with Crippen LogP contribution in [0.4, 0.5) is 0 Å². The largest absolute Gasteiger partial charge is 0.342 e. The van der Waals surface area contributed by atoms with E-state index in [0.29, 0.717) is 11.7 Å². The number of aryl methyl sites for hydroxylation is 3. The monoisotopic (exact) mass is 440 g/mol. The van der Waals surface area contributed by atoms with E-state index in [9.17, 15) is 4.79 Å². The van der Waals surface area contributed by atoms with Crippen LogP contribution in [0.1, 0.15) is 54.9 Å². The molecule has 0 saturated carbocycles. The molecule has 1 fully saturated rings. The number of hydrogen-bond donors (Lipinski definition) is 0. The van der Waals surface area contributed by atoms with Gasteiger partial charge in [0.1, 0.15) is 12.0 Å². The first-order valence-electron chi connectivity index (χ1n) is 11.6. The summed E-state index contributed by atoms with van der Waals surface area (Å²) in [5.74, 6) is 3.28. The minimum Gasteiger partial charge on any atom is -0.342 e. The predicted molar refractivity (Wildman–Crippen MR) is 128 cm³/mol. The lowest BCUT2D eigenvalue weighted by Gasteiger charge is -2.26. The van der Waals surface area contributed by atoms with Crippen LogP contribution in [0.2, 0.25) is 0 Å². The van der Waals surface area contributed by atoms with Crippen LogP contribution < -0.4 is 0 Å². The number of nitrogens with zero attached hydrogens (tertiary/aromatic N) is 6. The first-order valence-corrected chi connectivity index (χ1v) is 11.6. The fourth-order valence-corrected chi connectivity index (χ4v) is 5.28. The maximum absolute atomic E-state index is 12.9. The van der Waals surface area contributed by atoms with Gasteiger partial charge in [0, 0.05) is 48.8 Å². The number of carbonyl (C=O) groups excluding carboxylic acids is 1. The normalized spacial score (nSPS) is 18.4. The Labute approximate surface area is 194 Å². The molecule has 3 aromatic rings. The maximum Gasteiger partial charge on any atom is 0.226 e. The number of allylic oxidation sites excluding steroid dienone is 2. The quantitative estimate of drug-likeness (QED) is 0.579. The number of fused-ring (bicyclic) bond motifs is 1. The Morgan fingerprint density at radius 1 is 1.15 bits per heavy atom. The second-order valence-electron chi connectivity index (χ2n) is 9.01. The van der Waals surface area contributed by atoms with E-state index in [4.69, 9.17) is 6.42 Å². The molecular weight excluding hydrogens is 412 g/mol. The van der Waals surface area contributed by atoms with Crippen molar-refractivity contribution in [2.24, 2.45) is 13.0 Å². The van der Waals surface area contributed by atoms with Gasteiger partial charge in [-0.2, -0.15) is 0 Å². The smallest absolute Gasteiger partial charge is 0.226 e. The van der Waals surface area contributed by atoms with Crippen LogP contribution in [-0.2, 0) is 11.8 Å². The van der Waals surface area contributed by atoms with E-state index in [1.807, 2.05) is 25.8 Å². The highest BCUT2D eigenvalue weighted by Crippen LogP contribution is 2.42. The highest BCUT2D eigenvalue weighted by molar-refractivity contribution is 6.01. The summed E-state index contributed by atoms with van der Waals surface area (Å²) in [6.07, 6.45) is 15.9. The van der Waals surface area contributed by atoms with Crippen molar-refractivity contribution in [3.63, 3.8) is 0 Å². The molecule has 1 saturated heterocycles. The molecule has 4 heterocycles. The molecule has 1 aliphatic heterocycles. The van der Waals surface area contributed by atoms with Crippen molar-refractivity contribution >= 4 is 22.5 Å². The molecule has 3 aromatic heterocycles. The van der Waals surface area contributed by atoms with Gasteiger partial charge in [0.25, 0.3) is 0 Å². The zero-order chi connectivity index (χ0) is 23.1. The highest BCUT2D eigenvalue weighted by atomic mass is 16.2. The Morgan fingerprint density at radius 3 is 2.61 bits per heavy atom. The van der Waals surface area contributed by atoms with Crippen molar-refractivity contribution in [2.75, 3.05) is 13.1 Å². The molecule has 1 amide bonds. The van der Waals surface area contributed by atoms with Crippen LogP contribution >= 0.6 is 0 Å². The van der Waals surface area contributed by atoms with Crippen molar-refractivity contribution in [1.29, 1.82) is 0 Å². The summed E-state index contributed by atoms with van der Waals surface area (Å²) < 4.78 is 2.10. The Bertz CT molecular complexity index is 1320. The van der Waals surface area contributed by atoms with Gasteiger partial charge in [-0.1, -0.05) is 6.08 Å². The van der Waals surface area contributed by atoms with E-state index in [1.54, 1.807) is 12.5 Å². The third-order valence-electron chi connectivity index (χ3n) is 7.02. The molecule has 1 aliphatic carbocycles. The van der Waals surface area contributed by atoms with Crippen molar-refractivity contribution in [3.8, 4) is 23.6 Å². The molecule has 7 heteroatoms. The first-order chi connectivity index (χ1) is 16.0. The average Bonchev–Trinajstić information content (AvgIpc) is 3.47. The summed E-state index contributed by atoms with van der Waals surface area (Å²) in [4.78, 5) is 32.9. The Kier molecular flexibility index (Phi) is 5.45. The van der Waals surface area contributed by atoms with Gasteiger partial charge in [0.05, 0.1) is 17.1 Å². The number of aromatic nitrogens is 5. The number of rotatable bonds is 3. The number of likely N-dealkylation sites (tertiary alicyclic amines) is 1.